The average molecular weight is 425 g/mol. The summed E-state index contributed by atoms with van der Waals surface area (Å²) in [5.74, 6) is 0.329. The average Bonchev–Trinajstić information content (AvgIpc) is 2.77. The maximum atomic E-state index is 13.2. The third-order valence-corrected chi connectivity index (χ3v) is 5.52. The van der Waals surface area contributed by atoms with Gasteiger partial charge >= 0.3 is 0 Å². The van der Waals surface area contributed by atoms with Gasteiger partial charge in [-0.15, -0.1) is 0 Å². The van der Waals surface area contributed by atoms with E-state index in [9.17, 15) is 9.59 Å². The number of carbonyl (C=O) groups is 2. The molecule has 1 N–H and O–H groups in total. The normalized spacial score (nSPS) is 12.7. The summed E-state index contributed by atoms with van der Waals surface area (Å²) in [5.41, 5.74) is 3.33. The SMILES string of the molecule is CCc1ccc(OCC(=O)N(Cc2cccc(C)c2)[C@H](CC)C(=O)N[C@@H](C)CC)cc1. The number of hydrogen-bond acceptors (Lipinski definition) is 3. The van der Waals surface area contributed by atoms with Crippen LogP contribution in [-0.4, -0.2) is 35.4 Å². The van der Waals surface area contributed by atoms with Crippen LogP contribution >= 0.6 is 0 Å². The molecular formula is C26H36N2O3. The molecule has 2 aromatic rings. The molecule has 0 heterocycles. The molecule has 0 unspecified atom stereocenters. The van der Waals surface area contributed by atoms with Crippen molar-refractivity contribution in [3.8, 4) is 5.75 Å². The van der Waals surface area contributed by atoms with Crippen LogP contribution in [0.15, 0.2) is 48.5 Å². The maximum Gasteiger partial charge on any atom is 0.261 e. The zero-order valence-corrected chi connectivity index (χ0v) is 19.5. The molecule has 0 aliphatic heterocycles. The highest BCUT2D eigenvalue weighted by Crippen LogP contribution is 2.16. The second kappa shape index (κ2) is 12.1. The molecular weight excluding hydrogens is 388 g/mol. The van der Waals surface area contributed by atoms with Crippen LogP contribution in [0.1, 0.15) is 57.2 Å². The molecule has 168 valence electrons. The fraction of sp³-hybridized carbons (Fsp3) is 0.462. The molecule has 0 aliphatic carbocycles. The summed E-state index contributed by atoms with van der Waals surface area (Å²) >= 11 is 0. The van der Waals surface area contributed by atoms with E-state index >= 15 is 0 Å². The van der Waals surface area contributed by atoms with Crippen LogP contribution in [0.4, 0.5) is 0 Å². The Morgan fingerprint density at radius 2 is 1.71 bits per heavy atom. The van der Waals surface area contributed by atoms with Crippen molar-refractivity contribution in [2.45, 2.75) is 72.5 Å². The van der Waals surface area contributed by atoms with Gasteiger partial charge in [0.25, 0.3) is 5.91 Å². The Bertz CT molecular complexity index is 848. The van der Waals surface area contributed by atoms with Gasteiger partial charge in [0.05, 0.1) is 0 Å². The Morgan fingerprint density at radius 1 is 1.00 bits per heavy atom. The summed E-state index contributed by atoms with van der Waals surface area (Å²) in [5, 5.41) is 3.03. The summed E-state index contributed by atoms with van der Waals surface area (Å²) in [4.78, 5) is 27.8. The van der Waals surface area contributed by atoms with Gasteiger partial charge in [-0.25, -0.2) is 0 Å². The van der Waals surface area contributed by atoms with Crippen molar-refractivity contribution < 1.29 is 14.3 Å². The summed E-state index contributed by atoms with van der Waals surface area (Å²) < 4.78 is 5.76. The largest absolute Gasteiger partial charge is 0.484 e. The summed E-state index contributed by atoms with van der Waals surface area (Å²) in [6.07, 6.45) is 2.32. The van der Waals surface area contributed by atoms with Crippen molar-refractivity contribution in [3.05, 3.63) is 65.2 Å². The molecule has 0 radical (unpaired) electrons. The first-order valence-electron chi connectivity index (χ1n) is 11.2. The molecule has 0 bridgehead atoms. The van der Waals surface area contributed by atoms with Crippen LogP contribution in [0.5, 0.6) is 5.75 Å². The number of nitrogens with one attached hydrogen (secondary N) is 1. The minimum absolute atomic E-state index is 0.0609. The standard InChI is InChI=1S/C26H36N2O3/c1-6-20(5)27-26(30)24(8-3)28(17-22-11-9-10-19(4)16-22)25(29)18-31-23-14-12-21(7-2)13-15-23/h9-16,20,24H,6-8,17-18H2,1-5H3,(H,27,30)/t20-,24+/m0/s1. The topological polar surface area (TPSA) is 58.6 Å². The number of amides is 2. The molecule has 0 aromatic heterocycles. The smallest absolute Gasteiger partial charge is 0.261 e. The van der Waals surface area contributed by atoms with E-state index < -0.39 is 6.04 Å². The second-order valence-electron chi connectivity index (χ2n) is 8.04. The lowest BCUT2D eigenvalue weighted by atomic mass is 10.1. The molecule has 2 aromatic carbocycles. The molecule has 0 saturated heterocycles. The van der Waals surface area contributed by atoms with Crippen LogP contribution in [0.3, 0.4) is 0 Å². The predicted octanol–water partition coefficient (Wildman–Crippen LogP) is 4.66. The lowest BCUT2D eigenvalue weighted by Gasteiger charge is -2.31. The fourth-order valence-corrected chi connectivity index (χ4v) is 3.42. The zero-order valence-electron chi connectivity index (χ0n) is 19.5. The molecule has 5 heteroatoms. The van der Waals surface area contributed by atoms with E-state index in [0.717, 1.165) is 24.0 Å². The maximum absolute atomic E-state index is 13.2. The Labute approximate surface area is 186 Å². The Balaban J connectivity index is 2.19. The van der Waals surface area contributed by atoms with Crippen LogP contribution in [0.2, 0.25) is 0 Å². The van der Waals surface area contributed by atoms with Crippen molar-refractivity contribution in [1.82, 2.24) is 10.2 Å². The van der Waals surface area contributed by atoms with Crippen molar-refractivity contribution in [2.24, 2.45) is 0 Å². The first kappa shape index (κ1) is 24.4. The molecule has 0 aliphatic rings. The highest BCUT2D eigenvalue weighted by molar-refractivity contribution is 5.88. The van der Waals surface area contributed by atoms with E-state index in [1.54, 1.807) is 4.90 Å². The zero-order chi connectivity index (χ0) is 22.8. The van der Waals surface area contributed by atoms with Gasteiger partial charge in [-0.05, 0) is 56.4 Å². The quantitative estimate of drug-likeness (QED) is 0.571. The molecule has 31 heavy (non-hydrogen) atoms. The third-order valence-electron chi connectivity index (χ3n) is 5.52. The van der Waals surface area contributed by atoms with E-state index in [1.807, 2.05) is 76.2 Å². The fourth-order valence-electron chi connectivity index (χ4n) is 3.42. The van der Waals surface area contributed by atoms with Crippen LogP contribution in [0.25, 0.3) is 0 Å². The number of aryl methyl sites for hydroxylation is 2. The number of benzene rings is 2. The van der Waals surface area contributed by atoms with Crippen molar-refractivity contribution >= 4 is 11.8 Å². The van der Waals surface area contributed by atoms with Crippen LogP contribution in [0, 0.1) is 6.92 Å². The molecule has 0 saturated carbocycles. The number of rotatable bonds is 11. The van der Waals surface area contributed by atoms with Crippen molar-refractivity contribution in [3.63, 3.8) is 0 Å². The molecule has 2 rings (SSSR count). The Morgan fingerprint density at radius 3 is 2.29 bits per heavy atom. The summed E-state index contributed by atoms with van der Waals surface area (Å²) in [6.45, 7) is 10.3. The highest BCUT2D eigenvalue weighted by Gasteiger charge is 2.29. The molecule has 0 spiro atoms. The van der Waals surface area contributed by atoms with Crippen LogP contribution in [-0.2, 0) is 22.6 Å². The van der Waals surface area contributed by atoms with Gasteiger partial charge in [0.15, 0.2) is 6.61 Å². The van der Waals surface area contributed by atoms with Crippen molar-refractivity contribution in [1.29, 1.82) is 0 Å². The predicted molar refractivity (Wildman–Crippen MR) is 125 cm³/mol. The Hall–Kier alpha value is -2.82. The van der Waals surface area contributed by atoms with E-state index in [0.29, 0.717) is 18.7 Å². The van der Waals surface area contributed by atoms with E-state index in [-0.39, 0.29) is 24.5 Å². The number of ether oxygens (including phenoxy) is 1. The number of nitrogens with zero attached hydrogens (tertiary/aromatic N) is 1. The van der Waals surface area contributed by atoms with E-state index in [4.69, 9.17) is 4.74 Å². The van der Waals surface area contributed by atoms with E-state index in [1.165, 1.54) is 5.56 Å². The third kappa shape index (κ3) is 7.42. The molecule has 5 nitrogen and oxygen atoms in total. The first-order valence-corrected chi connectivity index (χ1v) is 11.2. The number of hydrogen-bond donors (Lipinski definition) is 1. The summed E-state index contributed by atoms with van der Waals surface area (Å²) in [7, 11) is 0. The molecule has 2 atom stereocenters. The van der Waals surface area contributed by atoms with Gasteiger partial charge in [-0.1, -0.05) is 62.7 Å². The molecule has 0 fully saturated rings. The lowest BCUT2D eigenvalue weighted by molar-refractivity contribution is -0.143. The lowest BCUT2D eigenvalue weighted by Crippen LogP contribution is -2.51. The van der Waals surface area contributed by atoms with Gasteiger partial charge in [0, 0.05) is 12.6 Å². The van der Waals surface area contributed by atoms with Gasteiger partial charge in [0.2, 0.25) is 5.91 Å². The second-order valence-corrected chi connectivity index (χ2v) is 8.04. The Kier molecular flexibility index (Phi) is 9.57. The molecule has 2 amide bonds. The highest BCUT2D eigenvalue weighted by atomic mass is 16.5. The van der Waals surface area contributed by atoms with E-state index in [2.05, 4.69) is 12.2 Å². The van der Waals surface area contributed by atoms with Crippen LogP contribution < -0.4 is 10.1 Å². The van der Waals surface area contributed by atoms with Gasteiger partial charge in [-0.2, -0.15) is 0 Å². The van der Waals surface area contributed by atoms with Gasteiger partial charge in [0.1, 0.15) is 11.8 Å². The monoisotopic (exact) mass is 424 g/mol. The first-order chi connectivity index (χ1) is 14.9. The minimum Gasteiger partial charge on any atom is -0.484 e. The summed E-state index contributed by atoms with van der Waals surface area (Å²) in [6, 6.07) is 15.3. The number of carbonyl (C=O) groups excluding carboxylic acids is 2. The van der Waals surface area contributed by atoms with Gasteiger partial charge in [-0.3, -0.25) is 9.59 Å². The van der Waals surface area contributed by atoms with Gasteiger partial charge < -0.3 is 15.0 Å². The van der Waals surface area contributed by atoms with Crippen molar-refractivity contribution in [2.75, 3.05) is 6.61 Å². The minimum atomic E-state index is -0.548.